The minimum absolute atomic E-state index is 0.721. The summed E-state index contributed by atoms with van der Waals surface area (Å²) in [6.07, 6.45) is 5.45. The van der Waals surface area contributed by atoms with Crippen LogP contribution in [0.1, 0.15) is 0 Å². The standard InChI is InChI=1S/C12H17N5/c1-16(2)8-9-17(3)10-14-15-12-6-4-11(13)5-7-12/h4-10,13H,1-3H3/p+1/b9-8-. The van der Waals surface area contributed by atoms with E-state index in [1.807, 2.05) is 55.2 Å². The van der Waals surface area contributed by atoms with E-state index in [1.165, 1.54) is 0 Å². The zero-order chi connectivity index (χ0) is 12.7. The predicted molar refractivity (Wildman–Crippen MR) is 70.4 cm³/mol. The molecule has 0 heterocycles. The molecule has 0 saturated carbocycles. The Hall–Kier alpha value is -2.17. The van der Waals surface area contributed by atoms with E-state index in [-0.39, 0.29) is 0 Å². The van der Waals surface area contributed by atoms with Crippen molar-refractivity contribution in [1.29, 1.82) is 0 Å². The Morgan fingerprint density at radius 3 is 2.47 bits per heavy atom. The van der Waals surface area contributed by atoms with E-state index in [0.29, 0.717) is 0 Å². The van der Waals surface area contributed by atoms with Gasteiger partial charge >= 0.3 is 6.34 Å². The first kappa shape index (κ1) is 12.9. The maximum absolute atomic E-state index is 5.57. The lowest BCUT2D eigenvalue weighted by Gasteiger charge is -2.00. The first-order valence-electron chi connectivity index (χ1n) is 5.24. The minimum Gasteiger partial charge on any atom is -0.399 e. The molecule has 1 aromatic rings. The summed E-state index contributed by atoms with van der Waals surface area (Å²) in [6.45, 7) is 0. The molecule has 5 heteroatoms. The minimum atomic E-state index is 0.721. The maximum Gasteiger partial charge on any atom is 0.314 e. The molecule has 1 aromatic carbocycles. The van der Waals surface area contributed by atoms with Crippen molar-refractivity contribution in [3.05, 3.63) is 36.7 Å². The Balaban J connectivity index is 2.60. The summed E-state index contributed by atoms with van der Waals surface area (Å²) in [5, 5.41) is 8.00. The van der Waals surface area contributed by atoms with Crippen LogP contribution in [0.15, 0.2) is 46.9 Å². The lowest BCUT2D eigenvalue weighted by Crippen LogP contribution is -2.03. The molecule has 0 bridgehead atoms. The number of nitrogens with two attached hydrogens (primary N) is 1. The van der Waals surface area contributed by atoms with Crippen LogP contribution < -0.4 is 5.73 Å². The fourth-order valence-corrected chi connectivity index (χ4v) is 0.992. The molecule has 0 spiro atoms. The van der Waals surface area contributed by atoms with Crippen LogP contribution in [0, 0.1) is 0 Å². The zero-order valence-corrected chi connectivity index (χ0v) is 10.4. The van der Waals surface area contributed by atoms with Gasteiger partial charge in [-0.3, -0.25) is 0 Å². The SMILES string of the molecule is CN(C)\C=C/[N+](C)=C/N=N/c1ccc(N)cc1. The van der Waals surface area contributed by atoms with Crippen molar-refractivity contribution in [2.75, 3.05) is 26.9 Å². The van der Waals surface area contributed by atoms with Crippen molar-refractivity contribution < 1.29 is 4.58 Å². The number of anilines is 1. The van der Waals surface area contributed by atoms with Gasteiger partial charge in [-0.1, -0.05) is 0 Å². The second-order valence-corrected chi connectivity index (χ2v) is 3.85. The number of hydrogen-bond donors (Lipinski definition) is 1. The average Bonchev–Trinajstić information content (AvgIpc) is 2.29. The van der Waals surface area contributed by atoms with Crippen LogP contribution in [0.4, 0.5) is 11.4 Å². The van der Waals surface area contributed by atoms with Gasteiger partial charge in [-0.2, -0.15) is 0 Å². The molecule has 0 saturated heterocycles. The number of hydrogen-bond acceptors (Lipinski definition) is 3. The first-order valence-corrected chi connectivity index (χ1v) is 5.24. The van der Waals surface area contributed by atoms with Crippen molar-refractivity contribution in [3.63, 3.8) is 0 Å². The Morgan fingerprint density at radius 2 is 1.88 bits per heavy atom. The summed E-state index contributed by atoms with van der Waals surface area (Å²) >= 11 is 0. The maximum atomic E-state index is 5.57. The number of nitrogen functional groups attached to an aromatic ring is 1. The van der Waals surface area contributed by atoms with Crippen LogP contribution in [0.25, 0.3) is 0 Å². The monoisotopic (exact) mass is 232 g/mol. The highest BCUT2D eigenvalue weighted by Crippen LogP contribution is 2.13. The predicted octanol–water partition coefficient (Wildman–Crippen LogP) is 2.06. The quantitative estimate of drug-likeness (QED) is 0.284. The van der Waals surface area contributed by atoms with Crippen LogP contribution in [-0.4, -0.2) is 37.0 Å². The lowest BCUT2D eigenvalue weighted by atomic mass is 10.3. The van der Waals surface area contributed by atoms with Crippen molar-refractivity contribution in [1.82, 2.24) is 4.90 Å². The molecular weight excluding hydrogens is 214 g/mol. The topological polar surface area (TPSA) is 57.0 Å². The number of nitrogens with zero attached hydrogens (tertiary/aromatic N) is 4. The van der Waals surface area contributed by atoms with E-state index in [4.69, 9.17) is 5.73 Å². The highest BCUT2D eigenvalue weighted by Gasteiger charge is 1.91. The van der Waals surface area contributed by atoms with Crippen LogP contribution in [0.5, 0.6) is 0 Å². The first-order chi connectivity index (χ1) is 8.08. The van der Waals surface area contributed by atoms with Crippen LogP contribution in [-0.2, 0) is 0 Å². The van der Waals surface area contributed by atoms with E-state index in [0.717, 1.165) is 11.4 Å². The molecule has 17 heavy (non-hydrogen) atoms. The van der Waals surface area contributed by atoms with Gasteiger partial charge < -0.3 is 10.6 Å². The molecule has 1 rings (SSSR count). The molecule has 5 nitrogen and oxygen atoms in total. The summed E-state index contributed by atoms with van der Waals surface area (Å²) in [7, 11) is 5.81. The summed E-state index contributed by atoms with van der Waals surface area (Å²) in [5.41, 5.74) is 7.07. The van der Waals surface area contributed by atoms with Crippen molar-refractivity contribution in [2.45, 2.75) is 0 Å². The van der Waals surface area contributed by atoms with E-state index in [1.54, 1.807) is 18.5 Å². The van der Waals surface area contributed by atoms with Crippen LogP contribution in [0.2, 0.25) is 0 Å². The van der Waals surface area contributed by atoms with Crippen LogP contribution >= 0.6 is 0 Å². The molecule has 90 valence electrons. The van der Waals surface area contributed by atoms with Crippen LogP contribution in [0.3, 0.4) is 0 Å². The molecule has 2 N–H and O–H groups in total. The average molecular weight is 232 g/mol. The Labute approximate surface area is 102 Å². The molecule has 0 aliphatic rings. The molecule has 0 amide bonds. The second-order valence-electron chi connectivity index (χ2n) is 3.85. The highest BCUT2D eigenvalue weighted by molar-refractivity contribution is 5.51. The second kappa shape index (κ2) is 6.42. The third-order valence-electron chi connectivity index (χ3n) is 1.90. The Kier molecular flexibility index (Phi) is 4.87. The van der Waals surface area contributed by atoms with Crippen molar-refractivity contribution >= 4 is 17.7 Å². The third kappa shape index (κ3) is 5.46. The van der Waals surface area contributed by atoms with Gasteiger partial charge in [0.05, 0.1) is 12.2 Å². The lowest BCUT2D eigenvalue weighted by molar-refractivity contribution is -0.418. The molecule has 0 aromatic heterocycles. The highest BCUT2D eigenvalue weighted by atomic mass is 15.2. The molecule has 0 unspecified atom stereocenters. The fourth-order valence-electron chi connectivity index (χ4n) is 0.992. The molecule has 0 atom stereocenters. The summed E-state index contributed by atoms with van der Waals surface area (Å²) in [6, 6.07) is 7.23. The molecule has 0 radical (unpaired) electrons. The van der Waals surface area contributed by atoms with Crippen molar-refractivity contribution in [3.8, 4) is 0 Å². The normalized spacial score (nSPS) is 12.5. The van der Waals surface area contributed by atoms with Gasteiger partial charge in [0.1, 0.15) is 11.9 Å². The fraction of sp³-hybridized carbons (Fsp3) is 0.250. The van der Waals surface area contributed by atoms with E-state index in [2.05, 4.69) is 10.2 Å². The van der Waals surface area contributed by atoms with Gasteiger partial charge in [0.15, 0.2) is 0 Å². The van der Waals surface area contributed by atoms with E-state index in [9.17, 15) is 0 Å². The van der Waals surface area contributed by atoms with Gasteiger partial charge in [-0.05, 0) is 29.4 Å². The third-order valence-corrected chi connectivity index (χ3v) is 1.90. The molecular formula is C12H18N5+. The molecule has 0 aliphatic carbocycles. The van der Waals surface area contributed by atoms with Gasteiger partial charge in [0, 0.05) is 26.0 Å². The number of azo groups is 1. The van der Waals surface area contributed by atoms with Crippen molar-refractivity contribution in [2.24, 2.45) is 10.2 Å². The number of benzene rings is 1. The zero-order valence-electron chi connectivity index (χ0n) is 10.4. The number of rotatable bonds is 4. The summed E-state index contributed by atoms with van der Waals surface area (Å²) in [5.74, 6) is 0. The molecule has 0 aliphatic heterocycles. The van der Waals surface area contributed by atoms with Gasteiger partial charge in [0.2, 0.25) is 0 Å². The van der Waals surface area contributed by atoms with Gasteiger partial charge in [-0.25, -0.2) is 4.58 Å². The van der Waals surface area contributed by atoms with E-state index >= 15 is 0 Å². The summed E-state index contributed by atoms with van der Waals surface area (Å²) in [4.78, 5) is 1.95. The van der Waals surface area contributed by atoms with Gasteiger partial charge in [0.25, 0.3) is 0 Å². The van der Waals surface area contributed by atoms with Gasteiger partial charge in [-0.15, -0.1) is 0 Å². The Morgan fingerprint density at radius 1 is 1.24 bits per heavy atom. The smallest absolute Gasteiger partial charge is 0.314 e. The molecule has 0 fully saturated rings. The summed E-state index contributed by atoms with van der Waals surface area (Å²) < 4.78 is 1.82. The van der Waals surface area contributed by atoms with E-state index < -0.39 is 0 Å². The largest absolute Gasteiger partial charge is 0.399 e. The Bertz CT molecular complexity index is 429.